The predicted molar refractivity (Wildman–Crippen MR) is 97.1 cm³/mol. The van der Waals surface area contributed by atoms with Crippen LogP contribution in [0.1, 0.15) is 11.1 Å². The Hall–Kier alpha value is -3.21. The minimum Gasteiger partial charge on any atom is -0.489 e. The zero-order valence-corrected chi connectivity index (χ0v) is 14.1. The third kappa shape index (κ3) is 3.88. The summed E-state index contributed by atoms with van der Waals surface area (Å²) in [7, 11) is 0. The van der Waals surface area contributed by atoms with E-state index in [1.165, 1.54) is 12.1 Å². The molecule has 4 rings (SSSR count). The van der Waals surface area contributed by atoms with Gasteiger partial charge in [0.15, 0.2) is 11.5 Å². The van der Waals surface area contributed by atoms with Gasteiger partial charge in [0.1, 0.15) is 18.2 Å². The Labute approximate surface area is 151 Å². The summed E-state index contributed by atoms with van der Waals surface area (Å²) in [5, 5.41) is 3.37. The van der Waals surface area contributed by atoms with E-state index in [2.05, 4.69) is 5.32 Å². The molecule has 0 saturated carbocycles. The highest BCUT2D eigenvalue weighted by Crippen LogP contribution is 2.34. The molecule has 0 aliphatic carbocycles. The Morgan fingerprint density at radius 1 is 0.885 bits per heavy atom. The van der Waals surface area contributed by atoms with Crippen molar-refractivity contribution < 1.29 is 18.6 Å². The molecule has 1 aliphatic rings. The fraction of sp³-hybridized carbons (Fsp3) is 0.143. The highest BCUT2D eigenvalue weighted by Gasteiger charge is 2.12. The Kier molecular flexibility index (Phi) is 4.60. The third-order valence-electron chi connectivity index (χ3n) is 4.09. The van der Waals surface area contributed by atoms with E-state index in [9.17, 15) is 4.39 Å². The number of benzene rings is 3. The van der Waals surface area contributed by atoms with Gasteiger partial charge in [-0.25, -0.2) is 4.39 Å². The lowest BCUT2D eigenvalue weighted by atomic mass is 10.2. The van der Waals surface area contributed by atoms with Crippen LogP contribution in [0, 0.1) is 5.82 Å². The van der Waals surface area contributed by atoms with Gasteiger partial charge < -0.3 is 19.5 Å². The van der Waals surface area contributed by atoms with Crippen molar-refractivity contribution in [2.24, 2.45) is 0 Å². The standard InChI is InChI=1S/C21H18FNO3/c22-17-6-4-15(5-7-17)13-24-19-3-1-2-16(10-19)12-23-18-8-9-20-21(11-18)26-14-25-20/h1-11,23H,12-14H2. The van der Waals surface area contributed by atoms with Gasteiger partial charge in [-0.2, -0.15) is 0 Å². The van der Waals surface area contributed by atoms with Crippen LogP contribution in [-0.2, 0) is 13.2 Å². The molecule has 0 amide bonds. The summed E-state index contributed by atoms with van der Waals surface area (Å²) in [6.07, 6.45) is 0. The molecule has 4 nitrogen and oxygen atoms in total. The van der Waals surface area contributed by atoms with Crippen molar-refractivity contribution in [3.8, 4) is 17.2 Å². The van der Waals surface area contributed by atoms with Crippen LogP contribution in [0.25, 0.3) is 0 Å². The smallest absolute Gasteiger partial charge is 0.231 e. The number of anilines is 1. The fourth-order valence-corrected chi connectivity index (χ4v) is 2.70. The number of halogens is 1. The average molecular weight is 351 g/mol. The number of nitrogens with one attached hydrogen (secondary N) is 1. The maximum Gasteiger partial charge on any atom is 0.231 e. The molecular weight excluding hydrogens is 333 g/mol. The topological polar surface area (TPSA) is 39.7 Å². The van der Waals surface area contributed by atoms with Gasteiger partial charge in [0.2, 0.25) is 6.79 Å². The number of fused-ring (bicyclic) bond motifs is 1. The van der Waals surface area contributed by atoms with E-state index >= 15 is 0 Å². The van der Waals surface area contributed by atoms with Crippen LogP contribution in [0.4, 0.5) is 10.1 Å². The van der Waals surface area contributed by atoms with Gasteiger partial charge in [-0.05, 0) is 47.5 Å². The Morgan fingerprint density at radius 3 is 2.62 bits per heavy atom. The minimum atomic E-state index is -0.245. The molecule has 26 heavy (non-hydrogen) atoms. The zero-order chi connectivity index (χ0) is 17.8. The van der Waals surface area contributed by atoms with Gasteiger partial charge >= 0.3 is 0 Å². The first-order valence-corrected chi connectivity index (χ1v) is 8.36. The first-order valence-electron chi connectivity index (χ1n) is 8.36. The maximum absolute atomic E-state index is 12.9. The van der Waals surface area contributed by atoms with Crippen molar-refractivity contribution in [1.29, 1.82) is 0 Å². The van der Waals surface area contributed by atoms with Crippen molar-refractivity contribution in [1.82, 2.24) is 0 Å². The van der Waals surface area contributed by atoms with E-state index in [0.717, 1.165) is 34.1 Å². The number of hydrogen-bond acceptors (Lipinski definition) is 4. The minimum absolute atomic E-state index is 0.245. The molecule has 1 N–H and O–H groups in total. The van der Waals surface area contributed by atoms with E-state index in [0.29, 0.717) is 13.2 Å². The number of hydrogen-bond donors (Lipinski definition) is 1. The summed E-state index contributed by atoms with van der Waals surface area (Å²) in [5.74, 6) is 2.06. The van der Waals surface area contributed by atoms with Crippen molar-refractivity contribution in [2.75, 3.05) is 12.1 Å². The molecule has 5 heteroatoms. The molecule has 0 spiro atoms. The lowest BCUT2D eigenvalue weighted by molar-refractivity contribution is 0.174. The van der Waals surface area contributed by atoms with Crippen molar-refractivity contribution in [3.63, 3.8) is 0 Å². The molecule has 0 bridgehead atoms. The van der Waals surface area contributed by atoms with Crippen LogP contribution in [0.3, 0.4) is 0 Å². The van der Waals surface area contributed by atoms with Crippen LogP contribution >= 0.6 is 0 Å². The zero-order valence-electron chi connectivity index (χ0n) is 14.1. The van der Waals surface area contributed by atoms with E-state index < -0.39 is 0 Å². The number of ether oxygens (including phenoxy) is 3. The SMILES string of the molecule is Fc1ccc(COc2cccc(CNc3ccc4c(c3)OCO4)c2)cc1. The highest BCUT2D eigenvalue weighted by molar-refractivity contribution is 5.55. The molecule has 0 radical (unpaired) electrons. The summed E-state index contributed by atoms with van der Waals surface area (Å²) in [4.78, 5) is 0. The third-order valence-corrected chi connectivity index (χ3v) is 4.09. The largest absolute Gasteiger partial charge is 0.489 e. The second-order valence-corrected chi connectivity index (χ2v) is 5.98. The summed E-state index contributed by atoms with van der Waals surface area (Å²) in [6.45, 7) is 1.33. The maximum atomic E-state index is 12.9. The van der Waals surface area contributed by atoms with Gasteiger partial charge in [-0.3, -0.25) is 0 Å². The molecule has 0 saturated heterocycles. The van der Waals surface area contributed by atoms with Gasteiger partial charge in [0.05, 0.1) is 0 Å². The molecule has 3 aromatic rings. The average Bonchev–Trinajstić information content (AvgIpc) is 3.14. The Bertz CT molecular complexity index is 896. The quantitative estimate of drug-likeness (QED) is 0.696. The van der Waals surface area contributed by atoms with Crippen molar-refractivity contribution >= 4 is 5.69 Å². The van der Waals surface area contributed by atoms with Crippen LogP contribution < -0.4 is 19.5 Å². The highest BCUT2D eigenvalue weighted by atomic mass is 19.1. The van der Waals surface area contributed by atoms with E-state index in [1.807, 2.05) is 42.5 Å². The summed E-state index contributed by atoms with van der Waals surface area (Å²) in [6, 6.07) is 20.0. The molecule has 3 aromatic carbocycles. The number of rotatable bonds is 6. The summed E-state index contributed by atoms with van der Waals surface area (Å²) in [5.41, 5.74) is 2.99. The Balaban J connectivity index is 1.35. The predicted octanol–water partition coefficient (Wildman–Crippen LogP) is 4.75. The normalized spacial score (nSPS) is 12.0. The molecule has 132 valence electrons. The van der Waals surface area contributed by atoms with Gasteiger partial charge in [0, 0.05) is 18.3 Å². The molecule has 1 heterocycles. The second kappa shape index (κ2) is 7.35. The fourth-order valence-electron chi connectivity index (χ4n) is 2.70. The van der Waals surface area contributed by atoms with Crippen LogP contribution in [0.2, 0.25) is 0 Å². The molecule has 1 aliphatic heterocycles. The van der Waals surface area contributed by atoms with Crippen molar-refractivity contribution in [2.45, 2.75) is 13.2 Å². The molecule has 0 unspecified atom stereocenters. The lowest BCUT2D eigenvalue weighted by Crippen LogP contribution is -2.00. The van der Waals surface area contributed by atoms with Crippen LogP contribution in [-0.4, -0.2) is 6.79 Å². The molecule has 0 atom stereocenters. The molecular formula is C21H18FNO3. The van der Waals surface area contributed by atoms with E-state index in [1.54, 1.807) is 12.1 Å². The van der Waals surface area contributed by atoms with Gasteiger partial charge in [-0.1, -0.05) is 24.3 Å². The van der Waals surface area contributed by atoms with Gasteiger partial charge in [0.25, 0.3) is 0 Å². The van der Waals surface area contributed by atoms with Crippen LogP contribution in [0.5, 0.6) is 17.2 Å². The first-order chi connectivity index (χ1) is 12.8. The summed E-state index contributed by atoms with van der Waals surface area (Å²) < 4.78 is 29.4. The van der Waals surface area contributed by atoms with E-state index in [-0.39, 0.29) is 12.6 Å². The monoisotopic (exact) mass is 351 g/mol. The lowest BCUT2D eigenvalue weighted by Gasteiger charge is -2.10. The van der Waals surface area contributed by atoms with E-state index in [4.69, 9.17) is 14.2 Å². The first kappa shape index (κ1) is 16.3. The Morgan fingerprint density at radius 2 is 1.73 bits per heavy atom. The van der Waals surface area contributed by atoms with Crippen molar-refractivity contribution in [3.05, 3.63) is 83.7 Å². The van der Waals surface area contributed by atoms with Crippen LogP contribution in [0.15, 0.2) is 66.7 Å². The molecule has 0 aromatic heterocycles. The molecule has 0 fully saturated rings. The summed E-state index contributed by atoms with van der Waals surface area (Å²) >= 11 is 0. The second-order valence-electron chi connectivity index (χ2n) is 5.98. The van der Waals surface area contributed by atoms with Gasteiger partial charge in [-0.15, -0.1) is 0 Å².